The number of nitrogens with one attached hydrogen (secondary N) is 1. The number of anilines is 1. The Balaban J connectivity index is 1.67. The van der Waals surface area contributed by atoms with Crippen molar-refractivity contribution in [1.29, 1.82) is 0 Å². The largest absolute Gasteiger partial charge is 0.325 e. The number of rotatable bonds is 4. The third-order valence-electron chi connectivity index (χ3n) is 3.29. The van der Waals surface area contributed by atoms with Gasteiger partial charge in [0.1, 0.15) is 10.9 Å². The first kappa shape index (κ1) is 16.9. The predicted molar refractivity (Wildman–Crippen MR) is 104 cm³/mol. The average molecular weight is 375 g/mol. The molecular weight excluding hydrogens is 360 g/mol. The molecule has 1 fully saturated rings. The van der Waals surface area contributed by atoms with E-state index in [1.54, 1.807) is 11.3 Å². The molecule has 3 rings (SSSR count). The number of carbonyl (C=O) groups is 2. The summed E-state index contributed by atoms with van der Waals surface area (Å²) in [7, 11) is 0. The highest BCUT2D eigenvalue weighted by Crippen LogP contribution is 2.33. The molecule has 0 saturated carbocycles. The summed E-state index contributed by atoms with van der Waals surface area (Å²) in [5, 5.41) is 4.74. The second kappa shape index (κ2) is 7.29. The molecule has 7 heteroatoms. The second-order valence-corrected chi connectivity index (χ2v) is 7.86. The maximum atomic E-state index is 12.5. The quantitative estimate of drug-likeness (QED) is 0.651. The van der Waals surface area contributed by atoms with Gasteiger partial charge in [-0.2, -0.15) is 0 Å². The van der Waals surface area contributed by atoms with Crippen molar-refractivity contribution in [3.05, 3.63) is 57.1 Å². The van der Waals surface area contributed by atoms with E-state index >= 15 is 0 Å². The van der Waals surface area contributed by atoms with E-state index < -0.39 is 0 Å². The lowest BCUT2D eigenvalue weighted by molar-refractivity contribution is -0.126. The van der Waals surface area contributed by atoms with Crippen LogP contribution in [0.3, 0.4) is 0 Å². The SMILES string of the molecule is Cc1cccc(NC(=O)CN2C(=O)C(=Cc3cccs3)SC2=S)c1. The van der Waals surface area contributed by atoms with E-state index in [0.29, 0.717) is 14.9 Å². The van der Waals surface area contributed by atoms with Crippen LogP contribution in [0.25, 0.3) is 6.08 Å². The standard InChI is InChI=1S/C17H14N2O2S3/c1-11-4-2-5-12(8-11)18-15(20)10-19-16(21)14(24-17(19)22)9-13-6-3-7-23-13/h2-9H,10H2,1H3,(H,18,20). The molecule has 0 radical (unpaired) electrons. The Bertz CT molecular complexity index is 828. The van der Waals surface area contributed by atoms with E-state index in [9.17, 15) is 9.59 Å². The fourth-order valence-electron chi connectivity index (χ4n) is 2.21. The van der Waals surface area contributed by atoms with Crippen LogP contribution < -0.4 is 5.32 Å². The van der Waals surface area contributed by atoms with Crippen molar-refractivity contribution in [3.63, 3.8) is 0 Å². The van der Waals surface area contributed by atoms with Gasteiger partial charge < -0.3 is 5.32 Å². The summed E-state index contributed by atoms with van der Waals surface area (Å²) in [6.07, 6.45) is 1.81. The number of carbonyl (C=O) groups excluding carboxylic acids is 2. The summed E-state index contributed by atoms with van der Waals surface area (Å²) < 4.78 is 0.405. The van der Waals surface area contributed by atoms with Crippen LogP contribution in [0.5, 0.6) is 0 Å². The predicted octanol–water partition coefficient (Wildman–Crippen LogP) is 3.90. The van der Waals surface area contributed by atoms with Crippen LogP contribution in [-0.4, -0.2) is 27.6 Å². The van der Waals surface area contributed by atoms with E-state index in [2.05, 4.69) is 5.32 Å². The lowest BCUT2D eigenvalue weighted by Crippen LogP contribution is -2.36. The highest BCUT2D eigenvalue weighted by Gasteiger charge is 2.33. The number of hydrogen-bond donors (Lipinski definition) is 1. The molecule has 0 aliphatic carbocycles. The molecule has 2 heterocycles. The third-order valence-corrected chi connectivity index (χ3v) is 5.49. The van der Waals surface area contributed by atoms with Crippen molar-refractivity contribution >= 4 is 63.2 Å². The van der Waals surface area contributed by atoms with Gasteiger partial charge in [-0.25, -0.2) is 0 Å². The van der Waals surface area contributed by atoms with Gasteiger partial charge in [0.25, 0.3) is 5.91 Å². The van der Waals surface area contributed by atoms with Gasteiger partial charge in [-0.15, -0.1) is 11.3 Å². The van der Waals surface area contributed by atoms with Crippen molar-refractivity contribution in [2.24, 2.45) is 0 Å². The number of benzene rings is 1. The molecule has 4 nitrogen and oxygen atoms in total. The van der Waals surface area contributed by atoms with Crippen LogP contribution in [0.2, 0.25) is 0 Å². The minimum absolute atomic E-state index is 0.0829. The average Bonchev–Trinajstić information content (AvgIpc) is 3.12. The van der Waals surface area contributed by atoms with Crippen molar-refractivity contribution < 1.29 is 9.59 Å². The van der Waals surface area contributed by atoms with Crippen LogP contribution in [0.15, 0.2) is 46.7 Å². The van der Waals surface area contributed by atoms with Gasteiger partial charge in [0.2, 0.25) is 5.91 Å². The van der Waals surface area contributed by atoms with E-state index in [-0.39, 0.29) is 18.4 Å². The fourth-order valence-corrected chi connectivity index (χ4v) is 4.18. The molecule has 0 bridgehead atoms. The van der Waals surface area contributed by atoms with Gasteiger partial charge in [0, 0.05) is 10.6 Å². The van der Waals surface area contributed by atoms with Crippen LogP contribution in [0.4, 0.5) is 5.69 Å². The third kappa shape index (κ3) is 3.92. The zero-order chi connectivity index (χ0) is 17.1. The van der Waals surface area contributed by atoms with E-state index in [4.69, 9.17) is 12.2 Å². The molecule has 2 aromatic rings. The number of amides is 2. The summed E-state index contributed by atoms with van der Waals surface area (Å²) in [5.41, 5.74) is 1.76. The number of nitrogens with zero attached hydrogens (tertiary/aromatic N) is 1. The molecule has 122 valence electrons. The van der Waals surface area contributed by atoms with E-state index in [1.165, 1.54) is 16.7 Å². The molecule has 0 atom stereocenters. The molecule has 1 aromatic carbocycles. The smallest absolute Gasteiger partial charge is 0.266 e. The summed E-state index contributed by atoms with van der Waals surface area (Å²) in [4.78, 5) is 27.5. The topological polar surface area (TPSA) is 49.4 Å². The minimum atomic E-state index is -0.269. The Labute approximate surface area is 153 Å². The molecule has 2 amide bonds. The molecule has 1 aliphatic heterocycles. The van der Waals surface area contributed by atoms with Crippen molar-refractivity contribution in [3.8, 4) is 0 Å². The first-order valence-corrected chi connectivity index (χ1v) is 9.29. The van der Waals surface area contributed by atoms with Gasteiger partial charge in [0.15, 0.2) is 0 Å². The minimum Gasteiger partial charge on any atom is -0.325 e. The first-order chi connectivity index (χ1) is 11.5. The fraction of sp³-hybridized carbons (Fsp3) is 0.118. The number of aryl methyl sites for hydroxylation is 1. The lowest BCUT2D eigenvalue weighted by Gasteiger charge is -2.14. The monoisotopic (exact) mass is 374 g/mol. The Morgan fingerprint density at radius 3 is 2.88 bits per heavy atom. The summed E-state index contributed by atoms with van der Waals surface area (Å²) >= 11 is 8.02. The molecule has 1 saturated heterocycles. The molecule has 24 heavy (non-hydrogen) atoms. The Morgan fingerprint density at radius 1 is 1.33 bits per heavy atom. The number of thiophene rings is 1. The van der Waals surface area contributed by atoms with Gasteiger partial charge in [-0.05, 0) is 42.1 Å². The van der Waals surface area contributed by atoms with Crippen molar-refractivity contribution in [1.82, 2.24) is 4.90 Å². The van der Waals surface area contributed by atoms with E-state index in [0.717, 1.165) is 10.4 Å². The highest BCUT2D eigenvalue weighted by molar-refractivity contribution is 8.26. The molecule has 0 unspecified atom stereocenters. The van der Waals surface area contributed by atoms with Crippen LogP contribution in [-0.2, 0) is 9.59 Å². The van der Waals surface area contributed by atoms with E-state index in [1.807, 2.05) is 54.8 Å². The highest BCUT2D eigenvalue weighted by atomic mass is 32.2. The summed E-state index contributed by atoms with van der Waals surface area (Å²) in [5.74, 6) is -0.493. The zero-order valence-corrected chi connectivity index (χ0v) is 15.3. The molecule has 1 aromatic heterocycles. The normalized spacial score (nSPS) is 16.0. The maximum Gasteiger partial charge on any atom is 0.266 e. The molecule has 1 aliphatic rings. The number of thiocarbonyl (C=S) groups is 1. The number of thioether (sulfide) groups is 1. The van der Waals surface area contributed by atoms with Crippen LogP contribution >= 0.6 is 35.3 Å². The second-order valence-electron chi connectivity index (χ2n) is 5.20. The zero-order valence-electron chi connectivity index (χ0n) is 12.8. The van der Waals surface area contributed by atoms with Crippen LogP contribution in [0, 0.1) is 6.92 Å². The summed E-state index contributed by atoms with van der Waals surface area (Å²) in [6.45, 7) is 1.87. The van der Waals surface area contributed by atoms with Crippen LogP contribution in [0.1, 0.15) is 10.4 Å². The Morgan fingerprint density at radius 2 is 2.17 bits per heavy atom. The molecule has 1 N–H and O–H groups in total. The van der Waals surface area contributed by atoms with Crippen molar-refractivity contribution in [2.75, 3.05) is 11.9 Å². The van der Waals surface area contributed by atoms with Crippen molar-refractivity contribution in [2.45, 2.75) is 6.92 Å². The summed E-state index contributed by atoms with van der Waals surface area (Å²) in [6, 6.07) is 11.4. The Kier molecular flexibility index (Phi) is 5.13. The number of hydrogen-bond acceptors (Lipinski definition) is 5. The maximum absolute atomic E-state index is 12.5. The van der Waals surface area contributed by atoms with Gasteiger partial charge in [0.05, 0.1) is 4.91 Å². The molecular formula is C17H14N2O2S3. The van der Waals surface area contributed by atoms with Gasteiger partial charge in [-0.1, -0.05) is 42.2 Å². The first-order valence-electron chi connectivity index (χ1n) is 7.18. The molecule has 0 spiro atoms. The van der Waals surface area contributed by atoms with Gasteiger partial charge in [-0.3, -0.25) is 14.5 Å². The van der Waals surface area contributed by atoms with Gasteiger partial charge >= 0.3 is 0 Å². The Hall–Kier alpha value is -1.96. The lowest BCUT2D eigenvalue weighted by atomic mass is 10.2.